The van der Waals surface area contributed by atoms with Gasteiger partial charge < -0.3 is 15.3 Å². The minimum atomic E-state index is -0.486. The Morgan fingerprint density at radius 2 is 2.04 bits per heavy atom. The maximum Gasteiger partial charge on any atom is 0.313 e. The van der Waals surface area contributed by atoms with Crippen LogP contribution in [-0.2, 0) is 14.3 Å². The fraction of sp³-hybridized carbons (Fsp3) is 0.412. The van der Waals surface area contributed by atoms with E-state index < -0.39 is 11.6 Å². The van der Waals surface area contributed by atoms with E-state index in [2.05, 4.69) is 15.2 Å². The first-order valence-electron chi connectivity index (χ1n) is 7.54. The van der Waals surface area contributed by atoms with E-state index >= 15 is 0 Å². The quantitative estimate of drug-likeness (QED) is 0.488. The summed E-state index contributed by atoms with van der Waals surface area (Å²) in [5, 5.41) is 6.36. The number of nitrogens with two attached hydrogens (primary N) is 1. The fourth-order valence-electron chi connectivity index (χ4n) is 1.34. The molecule has 0 amide bonds. The number of anilines is 1. The van der Waals surface area contributed by atoms with Gasteiger partial charge in [-0.15, -0.1) is 0 Å². The average Bonchev–Trinajstić information content (AvgIpc) is 2.85. The lowest BCUT2D eigenvalue weighted by Crippen LogP contribution is -2.23. The molecule has 0 bridgehead atoms. The van der Waals surface area contributed by atoms with Crippen molar-refractivity contribution in [2.75, 3.05) is 5.73 Å². The van der Waals surface area contributed by atoms with Gasteiger partial charge >= 0.3 is 5.97 Å². The van der Waals surface area contributed by atoms with Crippen molar-refractivity contribution >= 4 is 18.1 Å². The lowest BCUT2D eigenvalue weighted by atomic mass is 10.2. The summed E-state index contributed by atoms with van der Waals surface area (Å²) in [5.74, 6) is -0.160. The van der Waals surface area contributed by atoms with E-state index in [0.717, 1.165) is 5.69 Å². The number of hydrogen-bond donors (Lipinski definition) is 2. The molecule has 2 aromatic heterocycles. The zero-order valence-corrected chi connectivity index (χ0v) is 15.2. The van der Waals surface area contributed by atoms with E-state index in [1.165, 1.54) is 6.20 Å². The molecule has 0 fully saturated rings. The third-order valence-electron chi connectivity index (χ3n) is 2.37. The van der Waals surface area contributed by atoms with Crippen LogP contribution < -0.4 is 5.73 Å². The second-order valence-electron chi connectivity index (χ2n) is 6.06. The van der Waals surface area contributed by atoms with E-state index in [4.69, 9.17) is 10.5 Å². The summed E-state index contributed by atoms with van der Waals surface area (Å²) >= 11 is 0. The van der Waals surface area contributed by atoms with Crippen molar-refractivity contribution in [2.45, 2.75) is 46.6 Å². The standard InChI is InChI=1S/C7H12O3.C6H6FN.C4H7N3/c1-7(2,3)10-6(9)4-5-8;1-5-2-3-8-4-6(5)7;1-3-2-4(5)7-6-3/h5H,4H2,1-3H3;2-4H,1H3;2H,1H3,(H3,5,6,7). The monoisotopic (exact) mass is 352 g/mol. The molecule has 7 nitrogen and oxygen atoms in total. The van der Waals surface area contributed by atoms with E-state index in [9.17, 15) is 14.0 Å². The molecule has 0 radical (unpaired) electrons. The van der Waals surface area contributed by atoms with Gasteiger partial charge in [-0.1, -0.05) is 0 Å². The molecule has 0 saturated carbocycles. The molecule has 0 aliphatic carbocycles. The van der Waals surface area contributed by atoms with Gasteiger partial charge in [0.1, 0.15) is 29.9 Å². The molecular weight excluding hydrogens is 327 g/mol. The maximum absolute atomic E-state index is 12.3. The topological polar surface area (TPSA) is 111 Å². The number of esters is 1. The number of rotatable bonds is 2. The predicted molar refractivity (Wildman–Crippen MR) is 93.2 cm³/mol. The molecule has 0 unspecified atom stereocenters. The van der Waals surface area contributed by atoms with Crippen LogP contribution in [-0.4, -0.2) is 33.0 Å². The van der Waals surface area contributed by atoms with Crippen molar-refractivity contribution in [3.8, 4) is 0 Å². The Balaban J connectivity index is 0.000000350. The minimum Gasteiger partial charge on any atom is -0.460 e. The van der Waals surface area contributed by atoms with Crippen LogP contribution >= 0.6 is 0 Å². The zero-order valence-electron chi connectivity index (χ0n) is 15.2. The average molecular weight is 352 g/mol. The van der Waals surface area contributed by atoms with Crippen molar-refractivity contribution < 1.29 is 18.7 Å². The molecule has 25 heavy (non-hydrogen) atoms. The maximum atomic E-state index is 12.3. The minimum absolute atomic E-state index is 0.155. The Morgan fingerprint density at radius 1 is 1.40 bits per heavy atom. The summed E-state index contributed by atoms with van der Waals surface area (Å²) in [6.45, 7) is 8.89. The molecule has 2 rings (SSSR count). The highest BCUT2D eigenvalue weighted by Crippen LogP contribution is 2.07. The zero-order chi connectivity index (χ0) is 19.5. The molecule has 0 spiro atoms. The number of ether oxygens (including phenoxy) is 1. The molecule has 0 aliphatic heterocycles. The van der Waals surface area contributed by atoms with Crippen LogP contribution in [0.4, 0.5) is 10.2 Å². The molecule has 0 atom stereocenters. The fourth-order valence-corrected chi connectivity index (χ4v) is 1.34. The first kappa shape index (κ1) is 22.2. The van der Waals surface area contributed by atoms with Crippen LogP contribution in [0.3, 0.4) is 0 Å². The summed E-state index contributed by atoms with van der Waals surface area (Å²) in [5.41, 5.74) is 6.39. The summed E-state index contributed by atoms with van der Waals surface area (Å²) in [4.78, 5) is 24.0. The number of aromatic nitrogens is 3. The van der Waals surface area contributed by atoms with Crippen LogP contribution in [0, 0.1) is 19.7 Å². The van der Waals surface area contributed by atoms with E-state index in [1.807, 2.05) is 6.92 Å². The Morgan fingerprint density at radius 3 is 2.32 bits per heavy atom. The summed E-state index contributed by atoms with van der Waals surface area (Å²) in [6.07, 6.45) is 3.15. The largest absolute Gasteiger partial charge is 0.460 e. The number of aromatic amines is 1. The van der Waals surface area contributed by atoms with Gasteiger partial charge in [0.15, 0.2) is 0 Å². The molecule has 2 heterocycles. The smallest absolute Gasteiger partial charge is 0.313 e. The molecule has 0 aromatic carbocycles. The second-order valence-corrected chi connectivity index (χ2v) is 6.06. The number of halogens is 1. The number of nitrogens with one attached hydrogen (secondary N) is 1. The number of carbonyl (C=O) groups is 2. The van der Waals surface area contributed by atoms with Gasteiger partial charge in [0.2, 0.25) is 0 Å². The third kappa shape index (κ3) is 12.3. The van der Waals surface area contributed by atoms with Gasteiger partial charge in [-0.2, -0.15) is 5.10 Å². The second kappa shape index (κ2) is 10.9. The molecule has 3 N–H and O–H groups in total. The van der Waals surface area contributed by atoms with Crippen LogP contribution in [0.1, 0.15) is 38.4 Å². The predicted octanol–water partition coefficient (Wildman–Crippen LogP) is 2.75. The number of nitrogen functional groups attached to an aromatic ring is 1. The van der Waals surface area contributed by atoms with Crippen LogP contribution in [0.5, 0.6) is 0 Å². The Hall–Kier alpha value is -2.77. The Kier molecular flexibility index (Phi) is 9.69. The highest BCUT2D eigenvalue weighted by atomic mass is 19.1. The number of H-pyrrole nitrogens is 1. The number of nitrogens with zero attached hydrogens (tertiary/aromatic N) is 2. The van der Waals surface area contributed by atoms with Gasteiger partial charge in [0.05, 0.1) is 6.20 Å². The SMILES string of the molecule is CC(C)(C)OC(=O)CC=O.Cc1cc(N)n[nH]1.Cc1ccncc1F. The molecule has 0 saturated heterocycles. The van der Waals surface area contributed by atoms with Crippen LogP contribution in [0.15, 0.2) is 24.5 Å². The summed E-state index contributed by atoms with van der Waals surface area (Å²) in [6, 6.07) is 3.41. The summed E-state index contributed by atoms with van der Waals surface area (Å²) < 4.78 is 17.1. The summed E-state index contributed by atoms with van der Waals surface area (Å²) in [7, 11) is 0. The van der Waals surface area contributed by atoms with E-state index in [-0.39, 0.29) is 12.2 Å². The van der Waals surface area contributed by atoms with Crippen molar-refractivity contribution in [3.05, 3.63) is 41.6 Å². The van der Waals surface area contributed by atoms with Gasteiger partial charge in [-0.3, -0.25) is 14.9 Å². The van der Waals surface area contributed by atoms with Gasteiger partial charge in [0, 0.05) is 18.0 Å². The third-order valence-corrected chi connectivity index (χ3v) is 2.37. The van der Waals surface area contributed by atoms with Gasteiger partial charge in [-0.25, -0.2) is 4.39 Å². The normalized spacial score (nSPS) is 9.84. The molecule has 138 valence electrons. The number of aldehydes is 1. The number of aryl methyl sites for hydroxylation is 2. The highest BCUT2D eigenvalue weighted by Gasteiger charge is 2.14. The number of pyridine rings is 1. The lowest BCUT2D eigenvalue weighted by molar-refractivity contribution is -0.155. The van der Waals surface area contributed by atoms with Crippen LogP contribution in [0.2, 0.25) is 0 Å². The molecule has 8 heteroatoms. The molecule has 2 aromatic rings. The first-order chi connectivity index (χ1) is 11.5. The molecular formula is C17H25FN4O3. The van der Waals surface area contributed by atoms with Crippen molar-refractivity contribution in [1.82, 2.24) is 15.2 Å². The van der Waals surface area contributed by atoms with E-state index in [1.54, 1.807) is 46.0 Å². The first-order valence-corrected chi connectivity index (χ1v) is 7.54. The van der Waals surface area contributed by atoms with Gasteiger partial charge in [0.25, 0.3) is 0 Å². The number of carbonyl (C=O) groups excluding carboxylic acids is 2. The van der Waals surface area contributed by atoms with Crippen LogP contribution in [0.25, 0.3) is 0 Å². The van der Waals surface area contributed by atoms with Gasteiger partial charge in [-0.05, 0) is 46.2 Å². The molecule has 0 aliphatic rings. The Bertz CT molecular complexity index is 628. The van der Waals surface area contributed by atoms with Crippen molar-refractivity contribution in [3.63, 3.8) is 0 Å². The number of hydrogen-bond acceptors (Lipinski definition) is 6. The Labute approximate surface area is 146 Å². The van der Waals surface area contributed by atoms with E-state index in [0.29, 0.717) is 17.7 Å². The lowest BCUT2D eigenvalue weighted by Gasteiger charge is -2.18. The van der Waals surface area contributed by atoms with Crippen molar-refractivity contribution in [2.24, 2.45) is 0 Å². The van der Waals surface area contributed by atoms with Crippen molar-refractivity contribution in [1.29, 1.82) is 0 Å². The highest BCUT2D eigenvalue weighted by molar-refractivity contribution is 5.83.